The predicted molar refractivity (Wildman–Crippen MR) is 113 cm³/mol. The van der Waals surface area contributed by atoms with Crippen LogP contribution in [0.25, 0.3) is 10.2 Å². The summed E-state index contributed by atoms with van der Waals surface area (Å²) in [4.78, 5) is 21.5. The molecule has 0 fully saturated rings. The average Bonchev–Trinajstić information content (AvgIpc) is 2.98. The van der Waals surface area contributed by atoms with E-state index in [1.165, 1.54) is 5.56 Å². The molecule has 1 amide bonds. The van der Waals surface area contributed by atoms with Gasteiger partial charge in [0.25, 0.3) is 5.91 Å². The Hall–Kier alpha value is -1.66. The number of aryl methyl sites for hydroxylation is 1. The summed E-state index contributed by atoms with van der Waals surface area (Å²) in [6, 6.07) is 13.1. The van der Waals surface area contributed by atoms with Crippen molar-refractivity contribution in [1.82, 2.24) is 9.88 Å². The van der Waals surface area contributed by atoms with Crippen LogP contribution in [-0.4, -0.2) is 43.0 Å². The third kappa shape index (κ3) is 4.74. The summed E-state index contributed by atoms with van der Waals surface area (Å²) in [5.74, 6) is -0.0608. The first-order valence-electron chi connectivity index (χ1n) is 8.03. The molecule has 26 heavy (non-hydrogen) atoms. The lowest BCUT2D eigenvalue weighted by Gasteiger charge is -2.22. The van der Waals surface area contributed by atoms with E-state index >= 15 is 0 Å². The molecule has 0 spiro atoms. The molecule has 1 aromatic heterocycles. The van der Waals surface area contributed by atoms with E-state index in [1.807, 2.05) is 26.2 Å². The Kier molecular flexibility index (Phi) is 7.01. The maximum atomic E-state index is 13.0. The molecule has 3 aromatic rings. The Morgan fingerprint density at radius 3 is 2.46 bits per heavy atom. The zero-order valence-electron chi connectivity index (χ0n) is 14.9. The molecule has 0 saturated heterocycles. The molecule has 0 saturated carbocycles. The first-order chi connectivity index (χ1) is 11.9. The number of aromatic nitrogens is 1. The van der Waals surface area contributed by atoms with Crippen LogP contribution in [0.4, 0.5) is 5.13 Å². The van der Waals surface area contributed by atoms with Crippen LogP contribution in [0.5, 0.6) is 0 Å². The number of anilines is 1. The number of likely N-dealkylation sites (N-methyl/N-ethyl adjacent to an activating group) is 1. The van der Waals surface area contributed by atoms with Crippen LogP contribution >= 0.6 is 35.3 Å². The normalized spacial score (nSPS) is 10.8. The molecule has 0 aliphatic carbocycles. The number of hydrogen-bond donors (Lipinski definition) is 0. The highest BCUT2D eigenvalue weighted by Crippen LogP contribution is 2.30. The topological polar surface area (TPSA) is 36.4 Å². The summed E-state index contributed by atoms with van der Waals surface area (Å²) >= 11 is 7.49. The van der Waals surface area contributed by atoms with Crippen molar-refractivity contribution in [2.45, 2.75) is 6.92 Å². The first kappa shape index (κ1) is 20.6. The highest BCUT2D eigenvalue weighted by atomic mass is 35.5. The second kappa shape index (κ2) is 8.82. The van der Waals surface area contributed by atoms with Gasteiger partial charge in [-0.3, -0.25) is 9.69 Å². The summed E-state index contributed by atoms with van der Waals surface area (Å²) in [6.45, 7) is 3.39. The molecule has 0 aliphatic rings. The SMILES string of the molecule is Cc1ccc2nc(N(CCN(C)C)C(=O)c3ccc(Cl)cc3)sc2c1.Cl. The number of thiazole rings is 1. The van der Waals surface area contributed by atoms with Gasteiger partial charge in [-0.15, -0.1) is 12.4 Å². The summed E-state index contributed by atoms with van der Waals surface area (Å²) in [5, 5.41) is 1.34. The Balaban J connectivity index is 0.00000243. The van der Waals surface area contributed by atoms with E-state index in [0.717, 1.165) is 21.9 Å². The molecule has 138 valence electrons. The van der Waals surface area contributed by atoms with Crippen molar-refractivity contribution in [3.63, 3.8) is 0 Å². The first-order valence-corrected chi connectivity index (χ1v) is 9.23. The molecule has 1 heterocycles. The van der Waals surface area contributed by atoms with Gasteiger partial charge in [0.15, 0.2) is 5.13 Å². The van der Waals surface area contributed by atoms with Gasteiger partial charge in [0.05, 0.1) is 10.2 Å². The largest absolute Gasteiger partial charge is 0.308 e. The smallest absolute Gasteiger partial charge is 0.260 e. The third-order valence-corrected chi connectivity index (χ3v) is 5.16. The maximum Gasteiger partial charge on any atom is 0.260 e. The van der Waals surface area contributed by atoms with Gasteiger partial charge in [0.1, 0.15) is 0 Å². The number of amides is 1. The van der Waals surface area contributed by atoms with Gasteiger partial charge in [-0.05, 0) is 63.0 Å². The van der Waals surface area contributed by atoms with Crippen LogP contribution in [0.1, 0.15) is 15.9 Å². The van der Waals surface area contributed by atoms with E-state index in [1.54, 1.807) is 40.5 Å². The van der Waals surface area contributed by atoms with Crippen LogP contribution in [0.3, 0.4) is 0 Å². The number of carbonyl (C=O) groups is 1. The van der Waals surface area contributed by atoms with Gasteiger partial charge in [-0.25, -0.2) is 4.98 Å². The van der Waals surface area contributed by atoms with Gasteiger partial charge in [-0.2, -0.15) is 0 Å². The zero-order valence-corrected chi connectivity index (χ0v) is 17.3. The Labute approximate surface area is 168 Å². The van der Waals surface area contributed by atoms with Crippen molar-refractivity contribution >= 4 is 56.6 Å². The second-order valence-electron chi connectivity index (χ2n) is 6.23. The fourth-order valence-electron chi connectivity index (χ4n) is 2.47. The lowest BCUT2D eigenvalue weighted by Crippen LogP contribution is -2.36. The minimum Gasteiger partial charge on any atom is -0.308 e. The van der Waals surface area contributed by atoms with Crippen LogP contribution in [0, 0.1) is 6.92 Å². The molecule has 3 rings (SSSR count). The molecule has 0 atom stereocenters. The average molecular weight is 410 g/mol. The molecular weight excluding hydrogens is 389 g/mol. The van der Waals surface area contributed by atoms with Crippen molar-refractivity contribution in [2.75, 3.05) is 32.1 Å². The van der Waals surface area contributed by atoms with Crippen molar-refractivity contribution in [1.29, 1.82) is 0 Å². The Morgan fingerprint density at radius 1 is 1.12 bits per heavy atom. The van der Waals surface area contributed by atoms with E-state index in [2.05, 4.69) is 22.9 Å². The number of nitrogens with zero attached hydrogens (tertiary/aromatic N) is 3. The minimum atomic E-state index is -0.0608. The Morgan fingerprint density at radius 2 is 1.81 bits per heavy atom. The fourth-order valence-corrected chi connectivity index (χ4v) is 3.68. The van der Waals surface area contributed by atoms with Crippen molar-refractivity contribution in [3.05, 3.63) is 58.6 Å². The third-order valence-electron chi connectivity index (χ3n) is 3.87. The molecule has 7 heteroatoms. The highest BCUT2D eigenvalue weighted by molar-refractivity contribution is 7.22. The predicted octanol–water partition coefficient (Wildman–Crippen LogP) is 4.89. The summed E-state index contributed by atoms with van der Waals surface area (Å²) in [6.07, 6.45) is 0. The molecule has 0 bridgehead atoms. The molecule has 0 radical (unpaired) electrons. The molecule has 0 aliphatic heterocycles. The number of benzene rings is 2. The van der Waals surface area contributed by atoms with Gasteiger partial charge >= 0.3 is 0 Å². The van der Waals surface area contributed by atoms with Crippen LogP contribution in [0.15, 0.2) is 42.5 Å². The zero-order chi connectivity index (χ0) is 18.0. The molecule has 4 nitrogen and oxygen atoms in total. The van der Waals surface area contributed by atoms with Gasteiger partial charge in [0.2, 0.25) is 0 Å². The number of hydrogen-bond acceptors (Lipinski definition) is 4. The number of carbonyl (C=O) groups excluding carboxylic acids is 1. The number of rotatable bonds is 5. The summed E-state index contributed by atoms with van der Waals surface area (Å²) < 4.78 is 1.09. The van der Waals surface area contributed by atoms with Gasteiger partial charge in [0, 0.05) is 23.7 Å². The van der Waals surface area contributed by atoms with Crippen molar-refractivity contribution in [3.8, 4) is 0 Å². The van der Waals surface area contributed by atoms with E-state index in [0.29, 0.717) is 17.1 Å². The van der Waals surface area contributed by atoms with E-state index in [4.69, 9.17) is 11.6 Å². The van der Waals surface area contributed by atoms with E-state index in [9.17, 15) is 4.79 Å². The highest BCUT2D eigenvalue weighted by Gasteiger charge is 2.21. The standard InChI is InChI=1S/C19H20ClN3OS.ClH/c1-13-4-9-16-17(12-13)25-19(21-16)23(11-10-22(2)3)18(24)14-5-7-15(20)8-6-14;/h4-9,12H,10-11H2,1-3H3;1H. The van der Waals surface area contributed by atoms with Crippen LogP contribution in [-0.2, 0) is 0 Å². The fraction of sp³-hybridized carbons (Fsp3) is 0.263. The van der Waals surface area contributed by atoms with Crippen LogP contribution < -0.4 is 4.90 Å². The number of halogens is 2. The van der Waals surface area contributed by atoms with Crippen molar-refractivity contribution in [2.24, 2.45) is 0 Å². The lowest BCUT2D eigenvalue weighted by atomic mass is 10.2. The monoisotopic (exact) mass is 409 g/mol. The molecule has 2 aromatic carbocycles. The second-order valence-corrected chi connectivity index (χ2v) is 7.68. The van der Waals surface area contributed by atoms with E-state index < -0.39 is 0 Å². The summed E-state index contributed by atoms with van der Waals surface area (Å²) in [7, 11) is 3.99. The molecule has 0 unspecified atom stereocenters. The number of fused-ring (bicyclic) bond motifs is 1. The Bertz CT molecular complexity index is 893. The van der Waals surface area contributed by atoms with Crippen molar-refractivity contribution < 1.29 is 4.79 Å². The maximum absolute atomic E-state index is 13.0. The lowest BCUT2D eigenvalue weighted by molar-refractivity contribution is 0.0985. The van der Waals surface area contributed by atoms with E-state index in [-0.39, 0.29) is 18.3 Å². The minimum absolute atomic E-state index is 0. The molecular formula is C19H21Cl2N3OS. The van der Waals surface area contributed by atoms with Crippen LogP contribution in [0.2, 0.25) is 5.02 Å². The molecule has 0 N–H and O–H groups in total. The summed E-state index contributed by atoms with van der Waals surface area (Å²) in [5.41, 5.74) is 2.72. The van der Waals surface area contributed by atoms with Gasteiger partial charge in [-0.1, -0.05) is 29.0 Å². The van der Waals surface area contributed by atoms with Gasteiger partial charge < -0.3 is 4.90 Å². The quantitative estimate of drug-likeness (QED) is 0.601.